The quantitative estimate of drug-likeness (QED) is 0.627. The molecule has 1 fully saturated rings. The maximum atomic E-state index is 11.6. The number of likely N-dealkylation sites (tertiary alicyclic amines) is 1. The molecule has 1 amide bonds. The van der Waals surface area contributed by atoms with E-state index in [-0.39, 0.29) is 5.91 Å². The fraction of sp³-hybridized carbons (Fsp3) is 0.933. The van der Waals surface area contributed by atoms with E-state index in [2.05, 4.69) is 16.5 Å². The number of carbonyl (C=O) groups excluding carboxylic acids is 1. The zero-order chi connectivity index (χ0) is 14.6. The Labute approximate surface area is 128 Å². The van der Waals surface area contributed by atoms with E-state index in [1.165, 1.54) is 44.6 Å². The summed E-state index contributed by atoms with van der Waals surface area (Å²) in [5, 5.41) is 2.89. The second-order valence-electron chi connectivity index (χ2n) is 5.51. The van der Waals surface area contributed by atoms with Crippen molar-refractivity contribution in [2.75, 3.05) is 51.9 Å². The lowest BCUT2D eigenvalue weighted by atomic mass is 9.92. The summed E-state index contributed by atoms with van der Waals surface area (Å²) >= 11 is 1.93. The van der Waals surface area contributed by atoms with Crippen molar-refractivity contribution in [1.29, 1.82) is 0 Å². The molecule has 1 heterocycles. The molecule has 0 spiro atoms. The van der Waals surface area contributed by atoms with E-state index in [4.69, 9.17) is 4.74 Å². The smallest absolute Gasteiger partial charge is 0.220 e. The van der Waals surface area contributed by atoms with Crippen LogP contribution >= 0.6 is 11.8 Å². The molecule has 5 heteroatoms. The molecule has 0 aromatic heterocycles. The number of hydrogen-bond donors (Lipinski definition) is 1. The molecule has 118 valence electrons. The number of amides is 1. The molecular formula is C15H30N2O2S. The highest BCUT2D eigenvalue weighted by molar-refractivity contribution is 7.98. The van der Waals surface area contributed by atoms with E-state index < -0.39 is 0 Å². The zero-order valence-corrected chi connectivity index (χ0v) is 13.8. The maximum Gasteiger partial charge on any atom is 0.220 e. The fourth-order valence-corrected chi connectivity index (χ4v) is 3.07. The first-order valence-electron chi connectivity index (χ1n) is 7.73. The summed E-state index contributed by atoms with van der Waals surface area (Å²) in [5.41, 5.74) is 0. The molecule has 0 atom stereocenters. The largest absolute Gasteiger partial charge is 0.383 e. The van der Waals surface area contributed by atoms with Gasteiger partial charge in [0.05, 0.1) is 6.61 Å². The molecule has 0 aliphatic carbocycles. The average Bonchev–Trinajstić information content (AvgIpc) is 2.47. The lowest BCUT2D eigenvalue weighted by molar-refractivity contribution is -0.121. The van der Waals surface area contributed by atoms with Crippen LogP contribution in [0, 0.1) is 5.92 Å². The van der Waals surface area contributed by atoms with Gasteiger partial charge in [-0.2, -0.15) is 11.8 Å². The van der Waals surface area contributed by atoms with Gasteiger partial charge < -0.3 is 15.0 Å². The molecule has 4 nitrogen and oxygen atoms in total. The molecule has 1 saturated heterocycles. The number of nitrogens with one attached hydrogen (secondary N) is 1. The second kappa shape index (κ2) is 11.4. The van der Waals surface area contributed by atoms with Crippen molar-refractivity contribution in [3.63, 3.8) is 0 Å². The van der Waals surface area contributed by atoms with Crippen molar-refractivity contribution in [2.24, 2.45) is 5.92 Å². The van der Waals surface area contributed by atoms with Crippen LogP contribution in [-0.4, -0.2) is 62.7 Å². The van der Waals surface area contributed by atoms with E-state index in [0.29, 0.717) is 19.6 Å². The number of hydrogen-bond acceptors (Lipinski definition) is 4. The number of nitrogens with zero attached hydrogens (tertiary/aromatic N) is 1. The van der Waals surface area contributed by atoms with Crippen LogP contribution in [0.5, 0.6) is 0 Å². The summed E-state index contributed by atoms with van der Waals surface area (Å²) in [6, 6.07) is 0. The van der Waals surface area contributed by atoms with E-state index >= 15 is 0 Å². The number of carbonyl (C=O) groups is 1. The SMILES string of the molecule is COCCNC(=O)CCC1CCN(CCCSC)CC1. The lowest BCUT2D eigenvalue weighted by Gasteiger charge is -2.31. The van der Waals surface area contributed by atoms with Gasteiger partial charge in [-0.05, 0) is 63.2 Å². The molecule has 1 aliphatic rings. The predicted octanol–water partition coefficient (Wildman–Crippen LogP) is 1.99. The summed E-state index contributed by atoms with van der Waals surface area (Å²) in [4.78, 5) is 14.2. The summed E-state index contributed by atoms with van der Waals surface area (Å²) in [6.45, 7) is 4.89. The van der Waals surface area contributed by atoms with Crippen molar-refractivity contribution in [3.8, 4) is 0 Å². The van der Waals surface area contributed by atoms with E-state index in [1.807, 2.05) is 11.8 Å². The summed E-state index contributed by atoms with van der Waals surface area (Å²) < 4.78 is 4.92. The minimum Gasteiger partial charge on any atom is -0.383 e. The van der Waals surface area contributed by atoms with Gasteiger partial charge >= 0.3 is 0 Å². The molecular weight excluding hydrogens is 272 g/mol. The molecule has 0 bridgehead atoms. The monoisotopic (exact) mass is 302 g/mol. The van der Waals surface area contributed by atoms with Crippen molar-refractivity contribution in [3.05, 3.63) is 0 Å². The Morgan fingerprint density at radius 3 is 2.80 bits per heavy atom. The number of rotatable bonds is 10. The van der Waals surface area contributed by atoms with E-state index in [0.717, 1.165) is 12.3 Å². The van der Waals surface area contributed by atoms with Gasteiger partial charge in [0.15, 0.2) is 0 Å². The summed E-state index contributed by atoms with van der Waals surface area (Å²) in [6.07, 6.45) is 7.69. The van der Waals surface area contributed by atoms with E-state index in [1.54, 1.807) is 7.11 Å². The number of methoxy groups -OCH3 is 1. The molecule has 0 radical (unpaired) electrons. The maximum absolute atomic E-state index is 11.6. The molecule has 1 aliphatic heterocycles. The van der Waals surface area contributed by atoms with Gasteiger partial charge in [-0.15, -0.1) is 0 Å². The average molecular weight is 302 g/mol. The molecule has 0 aromatic carbocycles. The highest BCUT2D eigenvalue weighted by Crippen LogP contribution is 2.22. The van der Waals surface area contributed by atoms with Gasteiger partial charge in [0.1, 0.15) is 0 Å². The van der Waals surface area contributed by atoms with Crippen molar-refractivity contribution < 1.29 is 9.53 Å². The normalized spacial score (nSPS) is 17.3. The first kappa shape index (κ1) is 17.8. The highest BCUT2D eigenvalue weighted by Gasteiger charge is 2.19. The Hall–Kier alpha value is -0.260. The van der Waals surface area contributed by atoms with Gasteiger partial charge in [0.25, 0.3) is 0 Å². The Morgan fingerprint density at radius 2 is 2.15 bits per heavy atom. The highest BCUT2D eigenvalue weighted by atomic mass is 32.2. The van der Waals surface area contributed by atoms with Gasteiger partial charge in [-0.3, -0.25) is 4.79 Å². The predicted molar refractivity (Wildman–Crippen MR) is 86.3 cm³/mol. The number of ether oxygens (including phenoxy) is 1. The minimum atomic E-state index is 0.171. The van der Waals surface area contributed by atoms with Gasteiger partial charge in [-0.25, -0.2) is 0 Å². The Bertz CT molecular complexity index is 256. The van der Waals surface area contributed by atoms with Crippen LogP contribution in [0.15, 0.2) is 0 Å². The summed E-state index contributed by atoms with van der Waals surface area (Å²) in [5.74, 6) is 2.17. The van der Waals surface area contributed by atoms with Crippen LogP contribution in [0.25, 0.3) is 0 Å². The van der Waals surface area contributed by atoms with E-state index in [9.17, 15) is 4.79 Å². The molecule has 20 heavy (non-hydrogen) atoms. The van der Waals surface area contributed by atoms with Gasteiger partial charge in [0, 0.05) is 20.1 Å². The summed E-state index contributed by atoms with van der Waals surface area (Å²) in [7, 11) is 1.65. The Balaban J connectivity index is 2.02. The number of piperidine rings is 1. The molecule has 1 N–H and O–H groups in total. The third kappa shape index (κ3) is 8.12. The minimum absolute atomic E-state index is 0.171. The Kier molecular flexibility index (Phi) is 10.1. The van der Waals surface area contributed by atoms with Gasteiger partial charge in [-0.1, -0.05) is 0 Å². The molecule has 0 saturated carbocycles. The van der Waals surface area contributed by atoms with Crippen LogP contribution in [0.4, 0.5) is 0 Å². The Morgan fingerprint density at radius 1 is 1.40 bits per heavy atom. The van der Waals surface area contributed by atoms with Crippen molar-refractivity contribution >= 4 is 17.7 Å². The standard InChI is InChI=1S/C15H30N2O2S/c1-19-12-8-16-15(18)5-4-14-6-10-17(11-7-14)9-3-13-20-2/h14H,3-13H2,1-2H3,(H,16,18). The first-order chi connectivity index (χ1) is 9.76. The van der Waals surface area contributed by atoms with Gasteiger partial charge in [0.2, 0.25) is 5.91 Å². The number of thioether (sulfide) groups is 1. The van der Waals surface area contributed by atoms with Crippen LogP contribution in [-0.2, 0) is 9.53 Å². The van der Waals surface area contributed by atoms with Crippen LogP contribution in [0.1, 0.15) is 32.1 Å². The van der Waals surface area contributed by atoms with Crippen molar-refractivity contribution in [2.45, 2.75) is 32.1 Å². The lowest BCUT2D eigenvalue weighted by Crippen LogP contribution is -2.35. The van der Waals surface area contributed by atoms with Crippen LogP contribution in [0.2, 0.25) is 0 Å². The molecule has 1 rings (SSSR count). The second-order valence-corrected chi connectivity index (χ2v) is 6.50. The van der Waals surface area contributed by atoms with Crippen LogP contribution < -0.4 is 5.32 Å². The third-order valence-corrected chi connectivity index (χ3v) is 4.63. The first-order valence-corrected chi connectivity index (χ1v) is 9.12. The topological polar surface area (TPSA) is 41.6 Å². The van der Waals surface area contributed by atoms with Crippen molar-refractivity contribution in [1.82, 2.24) is 10.2 Å². The van der Waals surface area contributed by atoms with Crippen LogP contribution in [0.3, 0.4) is 0 Å². The fourth-order valence-electron chi connectivity index (χ4n) is 2.65. The zero-order valence-electron chi connectivity index (χ0n) is 13.0. The molecule has 0 aromatic rings. The third-order valence-electron chi connectivity index (χ3n) is 3.94. The molecule has 0 unspecified atom stereocenters.